The standard InChI is InChI=1S/C29H25FO5/c1-4-28(31)34-18(2)26-14-10-23(17-27(26)30)29(32)35-25-13-9-21-15-20(5-6-22(21)16-25)19-7-11-24(33-3)12-8-19/h4-5,7-14,16-18H,1,6,15H2,2-3H3. The van der Waals surface area contributed by atoms with Gasteiger partial charge in [0.25, 0.3) is 0 Å². The van der Waals surface area contributed by atoms with Crippen molar-refractivity contribution in [1.82, 2.24) is 0 Å². The van der Waals surface area contributed by atoms with Gasteiger partial charge < -0.3 is 14.2 Å². The summed E-state index contributed by atoms with van der Waals surface area (Å²) < 4.78 is 30.3. The summed E-state index contributed by atoms with van der Waals surface area (Å²) in [5.41, 5.74) is 4.83. The molecule has 0 radical (unpaired) electrons. The van der Waals surface area contributed by atoms with E-state index >= 15 is 0 Å². The van der Waals surface area contributed by atoms with Gasteiger partial charge in [-0.25, -0.2) is 14.0 Å². The molecule has 1 unspecified atom stereocenters. The van der Waals surface area contributed by atoms with E-state index in [0.717, 1.165) is 41.0 Å². The van der Waals surface area contributed by atoms with Crippen molar-refractivity contribution in [3.63, 3.8) is 0 Å². The number of ether oxygens (including phenoxy) is 3. The molecule has 4 rings (SSSR count). The van der Waals surface area contributed by atoms with Crippen molar-refractivity contribution in [3.05, 3.63) is 113 Å². The quantitative estimate of drug-likeness (QED) is 0.239. The Hall–Kier alpha value is -4.19. The number of fused-ring (bicyclic) bond motifs is 1. The van der Waals surface area contributed by atoms with E-state index in [2.05, 4.69) is 12.7 Å². The van der Waals surface area contributed by atoms with Gasteiger partial charge in [0.05, 0.1) is 12.7 Å². The van der Waals surface area contributed by atoms with Crippen LogP contribution in [0, 0.1) is 5.82 Å². The van der Waals surface area contributed by atoms with Crippen molar-refractivity contribution in [2.45, 2.75) is 25.9 Å². The van der Waals surface area contributed by atoms with Crippen LogP contribution in [0.1, 0.15) is 45.6 Å². The molecule has 0 heterocycles. The molecule has 3 aromatic carbocycles. The Kier molecular flexibility index (Phi) is 7.11. The van der Waals surface area contributed by atoms with Gasteiger partial charge in [-0.15, -0.1) is 0 Å². The van der Waals surface area contributed by atoms with Crippen LogP contribution >= 0.6 is 0 Å². The van der Waals surface area contributed by atoms with Crippen molar-refractivity contribution < 1.29 is 28.2 Å². The summed E-state index contributed by atoms with van der Waals surface area (Å²) in [6.45, 7) is 4.86. The lowest BCUT2D eigenvalue weighted by atomic mass is 9.88. The average Bonchev–Trinajstić information content (AvgIpc) is 2.88. The van der Waals surface area contributed by atoms with Crippen LogP contribution in [0.3, 0.4) is 0 Å². The van der Waals surface area contributed by atoms with Gasteiger partial charge in [0.1, 0.15) is 23.4 Å². The summed E-state index contributed by atoms with van der Waals surface area (Å²) >= 11 is 0. The van der Waals surface area contributed by atoms with E-state index in [0.29, 0.717) is 12.2 Å². The van der Waals surface area contributed by atoms with Crippen molar-refractivity contribution in [2.75, 3.05) is 7.11 Å². The molecule has 0 spiro atoms. The second-order valence-corrected chi connectivity index (χ2v) is 8.18. The van der Waals surface area contributed by atoms with Crippen molar-refractivity contribution >= 4 is 17.5 Å². The molecular weight excluding hydrogens is 447 g/mol. The molecule has 0 aliphatic heterocycles. The SMILES string of the molecule is C=CC(=O)OC(C)c1ccc(C(=O)Oc2ccc3c(c2)CC=C(c2ccc(OC)cc2)C3)cc1F. The Labute approximate surface area is 203 Å². The molecule has 0 bridgehead atoms. The summed E-state index contributed by atoms with van der Waals surface area (Å²) in [6, 6.07) is 17.4. The number of allylic oxidation sites excluding steroid dienone is 2. The number of benzene rings is 3. The van der Waals surface area contributed by atoms with E-state index in [-0.39, 0.29) is 11.1 Å². The Balaban J connectivity index is 1.44. The average molecular weight is 473 g/mol. The van der Waals surface area contributed by atoms with Gasteiger partial charge >= 0.3 is 11.9 Å². The fraction of sp³-hybridized carbons (Fsp3) is 0.172. The smallest absolute Gasteiger partial charge is 0.343 e. The zero-order valence-electron chi connectivity index (χ0n) is 19.5. The maximum absolute atomic E-state index is 14.6. The van der Waals surface area contributed by atoms with E-state index in [1.807, 2.05) is 36.4 Å². The first-order valence-electron chi connectivity index (χ1n) is 11.2. The number of halogens is 1. The lowest BCUT2D eigenvalue weighted by Gasteiger charge is -2.18. The second-order valence-electron chi connectivity index (χ2n) is 8.18. The third-order valence-corrected chi connectivity index (χ3v) is 5.93. The molecule has 0 amide bonds. The minimum Gasteiger partial charge on any atom is -0.497 e. The molecule has 0 saturated heterocycles. The van der Waals surface area contributed by atoms with Crippen molar-refractivity contribution in [3.8, 4) is 11.5 Å². The topological polar surface area (TPSA) is 61.8 Å². The van der Waals surface area contributed by atoms with E-state index in [1.165, 1.54) is 17.7 Å². The molecule has 1 aliphatic carbocycles. The van der Waals surface area contributed by atoms with E-state index in [9.17, 15) is 14.0 Å². The fourth-order valence-corrected chi connectivity index (χ4v) is 4.00. The molecule has 3 aromatic rings. The Morgan fingerprint density at radius 2 is 1.74 bits per heavy atom. The van der Waals surface area contributed by atoms with Gasteiger partial charge in [0.2, 0.25) is 0 Å². The maximum atomic E-state index is 14.6. The summed E-state index contributed by atoms with van der Waals surface area (Å²) in [5, 5.41) is 0. The predicted molar refractivity (Wildman–Crippen MR) is 131 cm³/mol. The Morgan fingerprint density at radius 1 is 1.00 bits per heavy atom. The summed E-state index contributed by atoms with van der Waals surface area (Å²) in [6.07, 6.45) is 3.85. The van der Waals surface area contributed by atoms with Crippen LogP contribution in [0.25, 0.3) is 5.57 Å². The molecule has 1 aliphatic rings. The number of esters is 2. The summed E-state index contributed by atoms with van der Waals surface area (Å²) in [5.74, 6) is -0.773. The van der Waals surface area contributed by atoms with Crippen LogP contribution < -0.4 is 9.47 Å². The van der Waals surface area contributed by atoms with Gasteiger partial charge in [-0.2, -0.15) is 0 Å². The first-order chi connectivity index (χ1) is 16.9. The predicted octanol–water partition coefficient (Wildman–Crippen LogP) is 6.03. The Bertz CT molecular complexity index is 1310. The lowest BCUT2D eigenvalue weighted by Crippen LogP contribution is -2.12. The molecule has 1 atom stereocenters. The van der Waals surface area contributed by atoms with Crippen LogP contribution in [0.2, 0.25) is 0 Å². The first-order valence-corrected chi connectivity index (χ1v) is 11.2. The highest BCUT2D eigenvalue weighted by atomic mass is 19.1. The van der Waals surface area contributed by atoms with Crippen molar-refractivity contribution in [2.24, 2.45) is 0 Å². The highest BCUT2D eigenvalue weighted by Gasteiger charge is 2.19. The lowest BCUT2D eigenvalue weighted by molar-refractivity contribution is -0.142. The molecule has 0 saturated carbocycles. The highest BCUT2D eigenvalue weighted by Crippen LogP contribution is 2.31. The second kappa shape index (κ2) is 10.4. The number of carbonyl (C=O) groups is 2. The molecule has 6 heteroatoms. The van der Waals surface area contributed by atoms with E-state index in [4.69, 9.17) is 14.2 Å². The largest absolute Gasteiger partial charge is 0.497 e. The molecule has 35 heavy (non-hydrogen) atoms. The normalized spacial score (nSPS) is 13.2. The molecule has 0 N–H and O–H groups in total. The van der Waals surface area contributed by atoms with Crippen LogP contribution in [0.4, 0.5) is 4.39 Å². The number of methoxy groups -OCH3 is 1. The van der Waals surface area contributed by atoms with Gasteiger partial charge in [-0.3, -0.25) is 0 Å². The van der Waals surface area contributed by atoms with Gasteiger partial charge in [-0.1, -0.05) is 36.9 Å². The number of rotatable bonds is 7. The Morgan fingerprint density at radius 3 is 2.43 bits per heavy atom. The monoisotopic (exact) mass is 472 g/mol. The molecular formula is C29H25FO5. The molecule has 178 valence electrons. The van der Waals surface area contributed by atoms with Crippen LogP contribution in [-0.4, -0.2) is 19.0 Å². The van der Waals surface area contributed by atoms with E-state index in [1.54, 1.807) is 20.1 Å². The zero-order valence-corrected chi connectivity index (χ0v) is 19.5. The third kappa shape index (κ3) is 5.49. The first kappa shape index (κ1) is 24.0. The van der Waals surface area contributed by atoms with E-state index < -0.39 is 23.9 Å². The summed E-state index contributed by atoms with van der Waals surface area (Å²) in [7, 11) is 1.64. The van der Waals surface area contributed by atoms with Crippen LogP contribution in [0.15, 0.2) is 79.4 Å². The number of hydrogen-bond donors (Lipinski definition) is 0. The van der Waals surface area contributed by atoms with Crippen LogP contribution in [-0.2, 0) is 22.4 Å². The summed E-state index contributed by atoms with van der Waals surface area (Å²) in [4.78, 5) is 24.0. The fourth-order valence-electron chi connectivity index (χ4n) is 4.00. The molecule has 0 aromatic heterocycles. The molecule has 5 nitrogen and oxygen atoms in total. The maximum Gasteiger partial charge on any atom is 0.343 e. The number of hydrogen-bond acceptors (Lipinski definition) is 5. The third-order valence-electron chi connectivity index (χ3n) is 5.93. The molecule has 0 fully saturated rings. The zero-order chi connectivity index (χ0) is 24.9. The van der Waals surface area contributed by atoms with Crippen LogP contribution in [0.5, 0.6) is 11.5 Å². The van der Waals surface area contributed by atoms with Gasteiger partial charge in [-0.05, 0) is 78.4 Å². The van der Waals surface area contributed by atoms with Gasteiger partial charge in [0.15, 0.2) is 0 Å². The van der Waals surface area contributed by atoms with Crippen molar-refractivity contribution in [1.29, 1.82) is 0 Å². The number of carbonyl (C=O) groups excluding carboxylic acids is 2. The highest BCUT2D eigenvalue weighted by molar-refractivity contribution is 5.91. The minimum absolute atomic E-state index is 0.0629. The van der Waals surface area contributed by atoms with Gasteiger partial charge in [0, 0.05) is 11.6 Å². The minimum atomic E-state index is -0.818.